The van der Waals surface area contributed by atoms with Gasteiger partial charge in [0.1, 0.15) is 4.90 Å². The predicted molar refractivity (Wildman–Crippen MR) is 80.0 cm³/mol. The summed E-state index contributed by atoms with van der Waals surface area (Å²) in [6, 6.07) is 5.45. The maximum absolute atomic E-state index is 12.9. The largest absolute Gasteiger partial charge is 0.316 e. The van der Waals surface area contributed by atoms with Crippen molar-refractivity contribution in [2.75, 3.05) is 7.05 Å². The van der Waals surface area contributed by atoms with E-state index < -0.39 is 20.0 Å². The minimum absolute atomic E-state index is 0.155. The summed E-state index contributed by atoms with van der Waals surface area (Å²) in [6.07, 6.45) is 4.14. The van der Waals surface area contributed by atoms with Gasteiger partial charge < -0.3 is 5.32 Å². The van der Waals surface area contributed by atoms with E-state index in [-0.39, 0.29) is 16.6 Å². The fourth-order valence-electron chi connectivity index (χ4n) is 2.99. The second-order valence-corrected chi connectivity index (χ2v) is 7.48. The molecule has 116 valence electrons. The van der Waals surface area contributed by atoms with E-state index in [1.165, 1.54) is 24.3 Å². The summed E-state index contributed by atoms with van der Waals surface area (Å²) in [6.45, 7) is 0. The SMILES string of the molecule is CNC1CCCCCC1S(=O)(=O)c1ccccc1[N+](=O)[O-]. The normalized spacial score (nSPS) is 23.5. The van der Waals surface area contributed by atoms with E-state index in [0.29, 0.717) is 6.42 Å². The highest BCUT2D eigenvalue weighted by Gasteiger charge is 2.38. The molecule has 1 aromatic carbocycles. The second kappa shape index (κ2) is 6.53. The first kappa shape index (κ1) is 15.9. The lowest BCUT2D eigenvalue weighted by Gasteiger charge is -2.24. The van der Waals surface area contributed by atoms with E-state index in [4.69, 9.17) is 0 Å². The van der Waals surface area contributed by atoms with Crippen LogP contribution < -0.4 is 5.32 Å². The molecule has 0 radical (unpaired) electrons. The van der Waals surface area contributed by atoms with Crippen LogP contribution in [0.25, 0.3) is 0 Å². The highest BCUT2D eigenvalue weighted by atomic mass is 32.2. The summed E-state index contributed by atoms with van der Waals surface area (Å²) in [5, 5.41) is 13.6. The van der Waals surface area contributed by atoms with E-state index in [0.717, 1.165) is 25.7 Å². The Bertz CT molecular complexity index is 615. The summed E-state index contributed by atoms with van der Waals surface area (Å²) < 4.78 is 25.8. The molecule has 2 atom stereocenters. The van der Waals surface area contributed by atoms with Crippen molar-refractivity contribution in [3.8, 4) is 0 Å². The molecular weight excluding hydrogens is 292 g/mol. The zero-order valence-electron chi connectivity index (χ0n) is 12.0. The van der Waals surface area contributed by atoms with Crippen molar-refractivity contribution < 1.29 is 13.3 Å². The quantitative estimate of drug-likeness (QED) is 0.523. The number of nitro benzene ring substituents is 1. The van der Waals surface area contributed by atoms with Crippen molar-refractivity contribution >= 4 is 15.5 Å². The van der Waals surface area contributed by atoms with Crippen molar-refractivity contribution in [2.45, 2.75) is 48.3 Å². The first-order valence-corrected chi connectivity index (χ1v) is 8.67. The molecule has 0 heterocycles. The summed E-state index contributed by atoms with van der Waals surface area (Å²) in [7, 11) is -1.98. The molecule has 7 heteroatoms. The van der Waals surface area contributed by atoms with Crippen molar-refractivity contribution in [3.05, 3.63) is 34.4 Å². The van der Waals surface area contributed by atoms with Crippen molar-refractivity contribution in [1.82, 2.24) is 5.32 Å². The average Bonchev–Trinajstić information content (AvgIpc) is 2.72. The van der Waals surface area contributed by atoms with Gasteiger partial charge in [-0.2, -0.15) is 0 Å². The van der Waals surface area contributed by atoms with Gasteiger partial charge >= 0.3 is 0 Å². The summed E-state index contributed by atoms with van der Waals surface area (Å²) in [5.74, 6) is 0. The number of hydrogen-bond acceptors (Lipinski definition) is 5. The van der Waals surface area contributed by atoms with Gasteiger partial charge in [0.25, 0.3) is 5.69 Å². The molecule has 1 aromatic rings. The molecule has 0 saturated heterocycles. The molecule has 2 rings (SSSR count). The first-order valence-electron chi connectivity index (χ1n) is 7.13. The van der Waals surface area contributed by atoms with Gasteiger partial charge in [-0.3, -0.25) is 10.1 Å². The minimum atomic E-state index is -3.73. The number of nitrogens with zero attached hydrogens (tertiary/aromatic N) is 1. The van der Waals surface area contributed by atoms with Crippen molar-refractivity contribution in [1.29, 1.82) is 0 Å². The third kappa shape index (κ3) is 3.24. The van der Waals surface area contributed by atoms with Gasteiger partial charge in [-0.05, 0) is 26.0 Å². The maximum Gasteiger partial charge on any atom is 0.287 e. The van der Waals surface area contributed by atoms with Crippen molar-refractivity contribution in [2.24, 2.45) is 0 Å². The fraction of sp³-hybridized carbons (Fsp3) is 0.571. The second-order valence-electron chi connectivity index (χ2n) is 5.34. The van der Waals surface area contributed by atoms with Crippen LogP contribution in [0.1, 0.15) is 32.1 Å². The van der Waals surface area contributed by atoms with Crippen LogP contribution in [-0.4, -0.2) is 31.7 Å². The Hall–Kier alpha value is -1.47. The van der Waals surface area contributed by atoms with Crippen LogP contribution in [0.2, 0.25) is 0 Å². The number of nitro groups is 1. The predicted octanol–water partition coefficient (Wildman–Crippen LogP) is 2.29. The van der Waals surface area contributed by atoms with Gasteiger partial charge in [0.2, 0.25) is 0 Å². The zero-order chi connectivity index (χ0) is 15.5. The highest BCUT2D eigenvalue weighted by molar-refractivity contribution is 7.92. The van der Waals surface area contributed by atoms with E-state index >= 15 is 0 Å². The summed E-state index contributed by atoms with van der Waals surface area (Å²) in [4.78, 5) is 10.3. The van der Waals surface area contributed by atoms with Gasteiger partial charge in [0.15, 0.2) is 9.84 Å². The van der Waals surface area contributed by atoms with Crippen LogP contribution >= 0.6 is 0 Å². The van der Waals surface area contributed by atoms with Crippen LogP contribution in [0.4, 0.5) is 5.69 Å². The summed E-state index contributed by atoms with van der Waals surface area (Å²) in [5.41, 5.74) is -0.336. The smallest absolute Gasteiger partial charge is 0.287 e. The molecule has 1 aliphatic carbocycles. The van der Waals surface area contributed by atoms with Crippen LogP contribution in [-0.2, 0) is 9.84 Å². The molecule has 0 spiro atoms. The van der Waals surface area contributed by atoms with Gasteiger partial charge in [-0.1, -0.05) is 31.4 Å². The topological polar surface area (TPSA) is 89.3 Å². The number of para-hydroxylation sites is 1. The molecule has 1 fully saturated rings. The molecule has 0 bridgehead atoms. The molecular formula is C14H20N2O4S. The fourth-order valence-corrected chi connectivity index (χ4v) is 5.20. The lowest BCUT2D eigenvalue weighted by atomic mass is 10.1. The molecule has 1 aliphatic rings. The standard InChI is InChI=1S/C14H20N2O4S/c1-15-11-7-3-2-4-9-13(11)21(19,20)14-10-6-5-8-12(14)16(17)18/h5-6,8,10-11,13,15H,2-4,7,9H2,1H3. The number of hydrogen-bond donors (Lipinski definition) is 1. The van der Waals surface area contributed by atoms with Gasteiger partial charge in [0, 0.05) is 12.1 Å². The monoisotopic (exact) mass is 312 g/mol. The van der Waals surface area contributed by atoms with E-state index in [1.54, 1.807) is 7.05 Å². The van der Waals surface area contributed by atoms with Crippen LogP contribution in [0, 0.1) is 10.1 Å². The molecule has 0 amide bonds. The molecule has 21 heavy (non-hydrogen) atoms. The zero-order valence-corrected chi connectivity index (χ0v) is 12.8. The Morgan fingerprint density at radius 1 is 1.19 bits per heavy atom. The number of nitrogens with one attached hydrogen (secondary N) is 1. The first-order chi connectivity index (χ1) is 9.98. The van der Waals surface area contributed by atoms with Gasteiger partial charge in [-0.15, -0.1) is 0 Å². The molecule has 2 unspecified atom stereocenters. The van der Waals surface area contributed by atoms with Crippen LogP contribution in [0.15, 0.2) is 29.2 Å². The molecule has 0 aliphatic heterocycles. The van der Waals surface area contributed by atoms with Crippen LogP contribution in [0.3, 0.4) is 0 Å². The van der Waals surface area contributed by atoms with E-state index in [9.17, 15) is 18.5 Å². The van der Waals surface area contributed by atoms with Gasteiger partial charge in [-0.25, -0.2) is 8.42 Å². The molecule has 1 saturated carbocycles. The lowest BCUT2D eigenvalue weighted by Crippen LogP contribution is -2.42. The number of rotatable bonds is 4. The average molecular weight is 312 g/mol. The molecule has 6 nitrogen and oxygen atoms in total. The Morgan fingerprint density at radius 2 is 1.86 bits per heavy atom. The highest BCUT2D eigenvalue weighted by Crippen LogP contribution is 2.32. The van der Waals surface area contributed by atoms with Crippen molar-refractivity contribution in [3.63, 3.8) is 0 Å². The maximum atomic E-state index is 12.9. The Balaban J connectivity index is 2.47. The lowest BCUT2D eigenvalue weighted by molar-refractivity contribution is -0.387. The molecule has 0 aromatic heterocycles. The summed E-state index contributed by atoms with van der Waals surface area (Å²) >= 11 is 0. The van der Waals surface area contributed by atoms with E-state index in [1.807, 2.05) is 0 Å². The number of sulfone groups is 1. The van der Waals surface area contributed by atoms with Gasteiger partial charge in [0.05, 0.1) is 10.2 Å². The molecule has 1 N–H and O–H groups in total. The van der Waals surface area contributed by atoms with E-state index in [2.05, 4.69) is 5.32 Å². The third-order valence-electron chi connectivity index (χ3n) is 4.09. The Labute approximate surface area is 124 Å². The Morgan fingerprint density at radius 3 is 2.52 bits per heavy atom. The minimum Gasteiger partial charge on any atom is -0.316 e. The van der Waals surface area contributed by atoms with Crippen LogP contribution in [0.5, 0.6) is 0 Å². The third-order valence-corrected chi connectivity index (χ3v) is 6.41. The number of benzene rings is 1. The Kier molecular flexibility index (Phi) is 4.95.